The second-order valence-electron chi connectivity index (χ2n) is 4.20. The predicted octanol–water partition coefficient (Wildman–Crippen LogP) is 2.38. The molecule has 0 amide bonds. The molecule has 1 N–H and O–H groups in total. The molecular formula is C11H18BrN3. The van der Waals surface area contributed by atoms with Crippen LogP contribution in [-0.4, -0.2) is 23.4 Å². The van der Waals surface area contributed by atoms with Crippen LogP contribution < -0.4 is 5.32 Å². The van der Waals surface area contributed by atoms with Crippen LogP contribution in [0.4, 0.5) is 0 Å². The van der Waals surface area contributed by atoms with Gasteiger partial charge in [0.25, 0.3) is 0 Å². The maximum absolute atomic E-state index is 4.38. The van der Waals surface area contributed by atoms with Crippen molar-refractivity contribution in [1.29, 1.82) is 0 Å². The van der Waals surface area contributed by atoms with Gasteiger partial charge in [-0.05, 0) is 55.2 Å². The van der Waals surface area contributed by atoms with Gasteiger partial charge in [-0.15, -0.1) is 0 Å². The van der Waals surface area contributed by atoms with Crippen molar-refractivity contribution in [2.45, 2.75) is 32.2 Å². The fourth-order valence-electron chi connectivity index (χ4n) is 2.43. The molecule has 0 saturated heterocycles. The second kappa shape index (κ2) is 4.66. The summed E-state index contributed by atoms with van der Waals surface area (Å²) in [6.07, 6.45) is 4.57. The molecule has 1 heterocycles. The molecule has 0 bridgehead atoms. The van der Waals surface area contributed by atoms with Crippen LogP contribution in [0.2, 0.25) is 0 Å². The van der Waals surface area contributed by atoms with E-state index in [1.165, 1.54) is 23.0 Å². The van der Waals surface area contributed by atoms with Gasteiger partial charge in [-0.2, -0.15) is 5.10 Å². The second-order valence-corrected chi connectivity index (χ2v) is 5.05. The average molecular weight is 272 g/mol. The minimum absolute atomic E-state index is 0.689. The lowest BCUT2D eigenvalue weighted by Gasteiger charge is -2.37. The lowest BCUT2D eigenvalue weighted by Crippen LogP contribution is -2.33. The summed E-state index contributed by atoms with van der Waals surface area (Å²) in [6.45, 7) is 4.23. The zero-order valence-corrected chi connectivity index (χ0v) is 10.9. The summed E-state index contributed by atoms with van der Waals surface area (Å²) in [7, 11) is 2.03. The molecule has 0 aromatic carbocycles. The van der Waals surface area contributed by atoms with Gasteiger partial charge < -0.3 is 5.32 Å². The lowest BCUT2D eigenvalue weighted by molar-refractivity contribution is 0.237. The minimum atomic E-state index is 0.689. The van der Waals surface area contributed by atoms with E-state index < -0.39 is 0 Å². The monoisotopic (exact) mass is 271 g/mol. The maximum atomic E-state index is 4.38. The minimum Gasteiger partial charge on any atom is -0.319 e. The standard InChI is InChI=1S/C11H18BrN3/c1-3-15-11(10(12)7-14-15)9-5-4-8(9)6-13-2/h7-9,13H,3-6H2,1-2H3. The summed E-state index contributed by atoms with van der Waals surface area (Å²) in [5, 5.41) is 7.65. The summed E-state index contributed by atoms with van der Waals surface area (Å²) in [6, 6.07) is 0. The highest BCUT2D eigenvalue weighted by Crippen LogP contribution is 2.44. The Morgan fingerprint density at radius 2 is 2.40 bits per heavy atom. The quantitative estimate of drug-likeness (QED) is 0.912. The SMILES string of the molecule is CCn1ncc(Br)c1C1CCC1CNC. The van der Waals surface area contributed by atoms with E-state index in [4.69, 9.17) is 0 Å². The molecule has 3 nitrogen and oxygen atoms in total. The molecule has 84 valence electrons. The number of hydrogen-bond acceptors (Lipinski definition) is 2. The first-order valence-corrected chi connectivity index (χ1v) is 6.43. The van der Waals surface area contributed by atoms with E-state index in [1.807, 2.05) is 13.2 Å². The van der Waals surface area contributed by atoms with Crippen molar-refractivity contribution in [3.05, 3.63) is 16.4 Å². The van der Waals surface area contributed by atoms with E-state index in [2.05, 4.69) is 38.0 Å². The average Bonchev–Trinajstić information content (AvgIpc) is 2.56. The van der Waals surface area contributed by atoms with E-state index in [0.717, 1.165) is 19.0 Å². The van der Waals surface area contributed by atoms with Crippen molar-refractivity contribution in [2.24, 2.45) is 5.92 Å². The van der Waals surface area contributed by atoms with Crippen LogP contribution in [0.1, 0.15) is 31.4 Å². The Hall–Kier alpha value is -0.350. The van der Waals surface area contributed by atoms with Crippen molar-refractivity contribution >= 4 is 15.9 Å². The van der Waals surface area contributed by atoms with Crippen molar-refractivity contribution in [1.82, 2.24) is 15.1 Å². The maximum Gasteiger partial charge on any atom is 0.0635 e. The van der Waals surface area contributed by atoms with Crippen LogP contribution >= 0.6 is 15.9 Å². The van der Waals surface area contributed by atoms with Gasteiger partial charge in [0.15, 0.2) is 0 Å². The smallest absolute Gasteiger partial charge is 0.0635 e. The molecule has 0 spiro atoms. The summed E-state index contributed by atoms with van der Waals surface area (Å²) in [5.74, 6) is 1.47. The third-order valence-corrected chi connectivity index (χ3v) is 3.98. The van der Waals surface area contributed by atoms with Gasteiger partial charge in [-0.3, -0.25) is 4.68 Å². The lowest BCUT2D eigenvalue weighted by atomic mass is 9.72. The van der Waals surface area contributed by atoms with Crippen LogP contribution in [0.25, 0.3) is 0 Å². The Kier molecular flexibility index (Phi) is 3.46. The molecular weight excluding hydrogens is 254 g/mol. The molecule has 2 rings (SSSR count). The molecule has 1 aliphatic rings. The zero-order chi connectivity index (χ0) is 10.8. The molecule has 0 aliphatic heterocycles. The van der Waals surface area contributed by atoms with E-state index in [9.17, 15) is 0 Å². The van der Waals surface area contributed by atoms with Gasteiger partial charge in [0.05, 0.1) is 16.4 Å². The van der Waals surface area contributed by atoms with Crippen molar-refractivity contribution < 1.29 is 0 Å². The van der Waals surface area contributed by atoms with Crippen molar-refractivity contribution in [2.75, 3.05) is 13.6 Å². The molecule has 1 saturated carbocycles. The van der Waals surface area contributed by atoms with E-state index >= 15 is 0 Å². The zero-order valence-electron chi connectivity index (χ0n) is 9.33. The van der Waals surface area contributed by atoms with Gasteiger partial charge in [-0.1, -0.05) is 0 Å². The highest BCUT2D eigenvalue weighted by Gasteiger charge is 2.34. The highest BCUT2D eigenvalue weighted by atomic mass is 79.9. The number of rotatable bonds is 4. The first-order chi connectivity index (χ1) is 7.27. The highest BCUT2D eigenvalue weighted by molar-refractivity contribution is 9.10. The number of hydrogen-bond donors (Lipinski definition) is 1. The van der Waals surface area contributed by atoms with Crippen LogP contribution in [0.5, 0.6) is 0 Å². The summed E-state index contributed by atoms with van der Waals surface area (Å²) in [5.41, 5.74) is 1.39. The van der Waals surface area contributed by atoms with Crippen LogP contribution in [0.15, 0.2) is 10.7 Å². The molecule has 1 fully saturated rings. The summed E-state index contributed by atoms with van der Waals surface area (Å²) >= 11 is 3.61. The fraction of sp³-hybridized carbons (Fsp3) is 0.727. The Balaban J connectivity index is 2.17. The number of nitrogens with one attached hydrogen (secondary N) is 1. The van der Waals surface area contributed by atoms with Crippen molar-refractivity contribution in [3.63, 3.8) is 0 Å². The van der Waals surface area contributed by atoms with Gasteiger partial charge in [0.2, 0.25) is 0 Å². The van der Waals surface area contributed by atoms with Gasteiger partial charge >= 0.3 is 0 Å². The summed E-state index contributed by atoms with van der Waals surface area (Å²) < 4.78 is 3.30. The fourth-order valence-corrected chi connectivity index (χ4v) is 3.02. The largest absolute Gasteiger partial charge is 0.319 e. The van der Waals surface area contributed by atoms with Crippen molar-refractivity contribution in [3.8, 4) is 0 Å². The Bertz CT molecular complexity index is 335. The van der Waals surface area contributed by atoms with Gasteiger partial charge in [0.1, 0.15) is 0 Å². The molecule has 1 aliphatic carbocycles. The van der Waals surface area contributed by atoms with E-state index in [-0.39, 0.29) is 0 Å². The Morgan fingerprint density at radius 1 is 1.60 bits per heavy atom. The number of halogens is 1. The Morgan fingerprint density at radius 3 is 2.93 bits per heavy atom. The first kappa shape index (κ1) is 11.1. The van der Waals surface area contributed by atoms with Gasteiger partial charge in [0, 0.05) is 12.5 Å². The normalized spacial score (nSPS) is 25.3. The number of aryl methyl sites for hydroxylation is 1. The topological polar surface area (TPSA) is 29.9 Å². The summed E-state index contributed by atoms with van der Waals surface area (Å²) in [4.78, 5) is 0. The molecule has 2 unspecified atom stereocenters. The molecule has 2 atom stereocenters. The predicted molar refractivity (Wildman–Crippen MR) is 65.0 cm³/mol. The van der Waals surface area contributed by atoms with E-state index in [0.29, 0.717) is 5.92 Å². The number of aromatic nitrogens is 2. The molecule has 0 radical (unpaired) electrons. The molecule has 15 heavy (non-hydrogen) atoms. The molecule has 4 heteroatoms. The molecule has 1 aromatic rings. The first-order valence-electron chi connectivity index (χ1n) is 5.63. The third kappa shape index (κ3) is 1.97. The Labute approximate surface area is 99.4 Å². The van der Waals surface area contributed by atoms with E-state index in [1.54, 1.807) is 0 Å². The molecule has 1 aromatic heterocycles. The van der Waals surface area contributed by atoms with Crippen LogP contribution in [0.3, 0.4) is 0 Å². The van der Waals surface area contributed by atoms with Crippen LogP contribution in [-0.2, 0) is 6.54 Å². The number of nitrogens with zero attached hydrogens (tertiary/aromatic N) is 2. The van der Waals surface area contributed by atoms with Gasteiger partial charge in [-0.25, -0.2) is 0 Å². The third-order valence-electron chi connectivity index (χ3n) is 3.37. The van der Waals surface area contributed by atoms with Crippen LogP contribution in [0, 0.1) is 5.92 Å².